The lowest BCUT2D eigenvalue weighted by Crippen LogP contribution is -2.12. The van der Waals surface area contributed by atoms with E-state index in [0.717, 1.165) is 12.1 Å². The van der Waals surface area contributed by atoms with Crippen LogP contribution < -0.4 is 0 Å². The summed E-state index contributed by atoms with van der Waals surface area (Å²) in [6.45, 7) is 0. The van der Waals surface area contributed by atoms with Crippen molar-refractivity contribution in [3.05, 3.63) is 186 Å². The van der Waals surface area contributed by atoms with Crippen LogP contribution in [0.1, 0.15) is 27.8 Å². The first-order chi connectivity index (χ1) is 32.2. The molecule has 68 heavy (non-hydrogen) atoms. The van der Waals surface area contributed by atoms with Crippen molar-refractivity contribution in [1.29, 1.82) is 5.26 Å². The average molecular weight is 935 g/mol. The van der Waals surface area contributed by atoms with Gasteiger partial charge in [-0.3, -0.25) is 4.98 Å². The highest BCUT2D eigenvalue weighted by molar-refractivity contribution is 6.13. The molecule has 0 amide bonds. The van der Waals surface area contributed by atoms with E-state index in [4.69, 9.17) is 0 Å². The molecule has 4 nitrogen and oxygen atoms in total. The Balaban J connectivity index is 1.26. The zero-order valence-corrected chi connectivity index (χ0v) is 34.3. The molecule has 0 atom stereocenters. The van der Waals surface area contributed by atoms with Crippen LogP contribution in [0.15, 0.2) is 158 Å². The first kappa shape index (κ1) is 43.8. The Labute approximate surface area is 376 Å². The molecule has 0 N–H and O–H groups in total. The molecule has 0 aliphatic heterocycles. The fourth-order valence-corrected chi connectivity index (χ4v) is 9.01. The first-order valence-corrected chi connectivity index (χ1v) is 20.4. The Morgan fingerprint density at radius 3 is 1.24 bits per heavy atom. The molecule has 3 aromatic heterocycles. The molecule has 16 heteroatoms. The fraction of sp³-hybridized carbons (Fsp3) is 0.0769. The minimum atomic E-state index is -5.15. The van der Waals surface area contributed by atoms with E-state index < -0.39 is 58.1 Å². The molecule has 338 valence electrons. The van der Waals surface area contributed by atoms with Gasteiger partial charge in [-0.25, -0.2) is 0 Å². The van der Waals surface area contributed by atoms with Gasteiger partial charge in [0.2, 0.25) is 0 Å². The summed E-state index contributed by atoms with van der Waals surface area (Å²) in [5.74, 6) is 0. The second-order valence-electron chi connectivity index (χ2n) is 15.9. The normalized spacial score (nSPS) is 12.7. The third-order valence-electron chi connectivity index (χ3n) is 12.0. The number of alkyl halides is 12. The quantitative estimate of drug-likeness (QED) is 0.161. The Morgan fingerprint density at radius 1 is 0.382 bits per heavy atom. The Kier molecular flexibility index (Phi) is 9.99. The summed E-state index contributed by atoms with van der Waals surface area (Å²) in [4.78, 5) is 4.11. The number of pyridine rings is 1. The van der Waals surface area contributed by atoms with E-state index in [0.29, 0.717) is 78.2 Å². The standard InChI is InChI=1S/C52H26F12N4/c53-49(54,55)32-11-13-34(41(24-32)51(59,60)61)29-9-15-45-39(21-29)36-5-1-3-7-43(36)67(45)47-23-31(27-65)38(28-17-19-66-20-18-28)26-48(47)68-44-8-4-2-6-37(44)40-22-30(10-16-46(40)68)35-14-12-33(50(56,57)58)25-42(35)52(62,63)64/h1-26H. The number of aromatic nitrogens is 3. The van der Waals surface area contributed by atoms with E-state index >= 15 is 0 Å². The van der Waals surface area contributed by atoms with Gasteiger partial charge in [-0.15, -0.1) is 0 Å². The van der Waals surface area contributed by atoms with Crippen LogP contribution in [0.25, 0.3) is 88.4 Å². The maximum absolute atomic E-state index is 14.5. The third kappa shape index (κ3) is 7.34. The first-order valence-electron chi connectivity index (χ1n) is 20.4. The van der Waals surface area contributed by atoms with Gasteiger partial charge in [-0.1, -0.05) is 60.7 Å². The number of benzene rings is 7. The molecule has 0 saturated heterocycles. The van der Waals surface area contributed by atoms with Gasteiger partial charge < -0.3 is 9.13 Å². The van der Waals surface area contributed by atoms with Gasteiger partial charge in [-0.05, 0) is 113 Å². The van der Waals surface area contributed by atoms with E-state index in [1.165, 1.54) is 42.7 Å². The van der Waals surface area contributed by atoms with E-state index in [9.17, 15) is 57.9 Å². The average Bonchev–Trinajstić information content (AvgIpc) is 3.82. The molecule has 0 spiro atoms. The van der Waals surface area contributed by atoms with Crippen molar-refractivity contribution in [3.63, 3.8) is 0 Å². The monoisotopic (exact) mass is 934 g/mol. The van der Waals surface area contributed by atoms with Crippen molar-refractivity contribution >= 4 is 43.6 Å². The van der Waals surface area contributed by atoms with Crippen molar-refractivity contribution in [2.45, 2.75) is 24.7 Å². The van der Waals surface area contributed by atoms with Crippen molar-refractivity contribution in [3.8, 4) is 50.8 Å². The summed E-state index contributed by atoms with van der Waals surface area (Å²) in [7, 11) is 0. The smallest absolute Gasteiger partial charge is 0.307 e. The number of fused-ring (bicyclic) bond motifs is 6. The molecule has 0 unspecified atom stereocenters. The lowest BCUT2D eigenvalue weighted by molar-refractivity contribution is -0.144. The van der Waals surface area contributed by atoms with E-state index in [-0.39, 0.29) is 28.8 Å². The van der Waals surface area contributed by atoms with Crippen molar-refractivity contribution < 1.29 is 52.7 Å². The van der Waals surface area contributed by atoms with Crippen LogP contribution in [0.4, 0.5) is 52.7 Å². The van der Waals surface area contributed by atoms with Crippen LogP contribution >= 0.6 is 0 Å². The number of hydrogen-bond acceptors (Lipinski definition) is 2. The van der Waals surface area contributed by atoms with Crippen LogP contribution in [0, 0.1) is 11.3 Å². The van der Waals surface area contributed by atoms with Crippen LogP contribution in [-0.2, 0) is 24.7 Å². The molecule has 3 heterocycles. The van der Waals surface area contributed by atoms with Crippen LogP contribution in [-0.4, -0.2) is 14.1 Å². The van der Waals surface area contributed by atoms with Crippen molar-refractivity contribution in [1.82, 2.24) is 14.1 Å². The minimum absolute atomic E-state index is 0.0149. The van der Waals surface area contributed by atoms with Gasteiger partial charge in [0.25, 0.3) is 0 Å². The molecule has 0 aliphatic rings. The topological polar surface area (TPSA) is 46.5 Å². The van der Waals surface area contributed by atoms with E-state index in [1.54, 1.807) is 83.4 Å². The number of halogens is 12. The second kappa shape index (κ2) is 15.5. The van der Waals surface area contributed by atoms with Crippen molar-refractivity contribution in [2.24, 2.45) is 0 Å². The van der Waals surface area contributed by atoms with Crippen LogP contribution in [0.3, 0.4) is 0 Å². The largest absolute Gasteiger partial charge is 0.417 e. The zero-order chi connectivity index (χ0) is 48.1. The molecule has 0 aliphatic carbocycles. The minimum Gasteiger partial charge on any atom is -0.307 e. The predicted octanol–water partition coefficient (Wildman–Crippen LogP) is 16.2. The van der Waals surface area contributed by atoms with Crippen LogP contribution in [0.2, 0.25) is 0 Å². The summed E-state index contributed by atoms with van der Waals surface area (Å²) in [6.07, 6.45) is -17.3. The molecular weight excluding hydrogens is 909 g/mol. The van der Waals surface area contributed by atoms with Gasteiger partial charge in [0.1, 0.15) is 0 Å². The highest BCUT2D eigenvalue weighted by Gasteiger charge is 2.40. The molecule has 10 rings (SSSR count). The van der Waals surface area contributed by atoms with E-state index in [2.05, 4.69) is 11.1 Å². The number of hydrogen-bond donors (Lipinski definition) is 0. The Hall–Kier alpha value is -8.06. The number of nitriles is 1. The summed E-state index contributed by atoms with van der Waals surface area (Å²) in [6, 6.07) is 34.6. The molecule has 10 aromatic rings. The molecular formula is C52H26F12N4. The van der Waals surface area contributed by atoms with Gasteiger partial charge in [0.15, 0.2) is 0 Å². The molecule has 0 radical (unpaired) electrons. The maximum atomic E-state index is 14.5. The highest BCUT2D eigenvalue weighted by atomic mass is 19.4. The summed E-state index contributed by atoms with van der Waals surface area (Å²) >= 11 is 0. The second-order valence-corrected chi connectivity index (χ2v) is 15.9. The fourth-order valence-electron chi connectivity index (χ4n) is 9.01. The van der Waals surface area contributed by atoms with Crippen LogP contribution in [0.5, 0.6) is 0 Å². The van der Waals surface area contributed by atoms with Gasteiger partial charge in [0, 0.05) is 39.5 Å². The lowest BCUT2D eigenvalue weighted by atomic mass is 9.95. The zero-order valence-electron chi connectivity index (χ0n) is 34.3. The summed E-state index contributed by atoms with van der Waals surface area (Å²) in [5, 5.41) is 12.6. The molecule has 0 bridgehead atoms. The maximum Gasteiger partial charge on any atom is 0.417 e. The van der Waals surface area contributed by atoms with E-state index in [1.807, 2.05) is 4.57 Å². The lowest BCUT2D eigenvalue weighted by Gasteiger charge is -2.20. The predicted molar refractivity (Wildman–Crippen MR) is 234 cm³/mol. The SMILES string of the molecule is N#Cc1cc(-n2c3ccccc3c3cc(-c4ccc(C(F)(F)F)cc4C(F)(F)F)ccc32)c(-n2c3ccccc3c3cc(-c4ccc(C(F)(F)F)cc4C(F)(F)F)ccc32)cc1-c1ccncc1. The van der Waals surface area contributed by atoms with Gasteiger partial charge in [-0.2, -0.15) is 57.9 Å². The van der Waals surface area contributed by atoms with Gasteiger partial charge in [0.05, 0.1) is 67.3 Å². The third-order valence-corrected chi connectivity index (χ3v) is 12.0. The Bertz CT molecular complexity index is 3700. The molecule has 7 aromatic carbocycles. The number of nitrogens with zero attached hydrogens (tertiary/aromatic N) is 4. The van der Waals surface area contributed by atoms with Crippen molar-refractivity contribution in [2.75, 3.05) is 0 Å². The summed E-state index contributed by atoms with van der Waals surface area (Å²) < 4.78 is 172. The number of para-hydroxylation sites is 2. The Morgan fingerprint density at radius 2 is 0.809 bits per heavy atom. The molecule has 0 saturated carbocycles. The summed E-state index contributed by atoms with van der Waals surface area (Å²) in [5.41, 5.74) is -2.89. The highest BCUT2D eigenvalue weighted by Crippen LogP contribution is 2.47. The molecule has 0 fully saturated rings. The van der Waals surface area contributed by atoms with Gasteiger partial charge >= 0.3 is 24.7 Å². The number of rotatable bonds is 5.